The van der Waals surface area contributed by atoms with Crippen molar-refractivity contribution in [3.63, 3.8) is 0 Å². The monoisotopic (exact) mass is 314 g/mol. The molecule has 1 aromatic rings. The molecule has 1 amide bonds. The predicted molar refractivity (Wildman–Crippen MR) is 62.1 cm³/mol. The largest absolute Gasteiger partial charge is 0.416 e. The topological polar surface area (TPSA) is 55.1 Å². The Balaban J connectivity index is 3.47. The molecule has 1 unspecified atom stereocenters. The number of alkyl halides is 6. The molecule has 9 heteroatoms. The van der Waals surface area contributed by atoms with Gasteiger partial charge in [-0.2, -0.15) is 26.3 Å². The first kappa shape index (κ1) is 17.3. The van der Waals surface area contributed by atoms with Crippen molar-refractivity contribution < 1.29 is 31.1 Å². The number of nitrogens with one attached hydrogen (secondary N) is 1. The first-order chi connectivity index (χ1) is 9.46. The maximum atomic E-state index is 12.7. The first-order valence-corrected chi connectivity index (χ1v) is 5.79. The maximum Gasteiger partial charge on any atom is 0.416 e. The van der Waals surface area contributed by atoms with Crippen molar-refractivity contribution >= 4 is 5.91 Å². The number of benzene rings is 1. The molecule has 0 aliphatic heterocycles. The maximum absolute atomic E-state index is 12.7. The Kier molecular flexibility index (Phi) is 4.87. The average Bonchev–Trinajstić information content (AvgIpc) is 2.32. The van der Waals surface area contributed by atoms with Gasteiger partial charge in [-0.3, -0.25) is 4.79 Å². The summed E-state index contributed by atoms with van der Waals surface area (Å²) >= 11 is 0. The molecule has 0 heterocycles. The number of hydrogen-bond acceptors (Lipinski definition) is 2. The molecule has 1 rings (SSSR count). The van der Waals surface area contributed by atoms with E-state index in [1.807, 2.05) is 0 Å². The lowest BCUT2D eigenvalue weighted by molar-refractivity contribution is -0.143. The third-order valence-electron chi connectivity index (χ3n) is 2.64. The molecule has 118 valence electrons. The summed E-state index contributed by atoms with van der Waals surface area (Å²) in [4.78, 5) is 11.2. The molecule has 21 heavy (non-hydrogen) atoms. The van der Waals surface area contributed by atoms with Crippen LogP contribution in [-0.2, 0) is 17.1 Å². The van der Waals surface area contributed by atoms with Crippen LogP contribution in [0.15, 0.2) is 18.2 Å². The van der Waals surface area contributed by atoms with Gasteiger partial charge in [0, 0.05) is 0 Å². The van der Waals surface area contributed by atoms with Crippen LogP contribution in [0.1, 0.15) is 29.7 Å². The minimum atomic E-state index is -4.97. The van der Waals surface area contributed by atoms with Gasteiger partial charge in [0.2, 0.25) is 5.91 Å². The number of carbonyl (C=O) groups is 1. The van der Waals surface area contributed by atoms with Crippen LogP contribution in [0, 0.1) is 0 Å². The quantitative estimate of drug-likeness (QED) is 0.840. The van der Waals surface area contributed by atoms with E-state index in [1.165, 1.54) is 6.92 Å². The van der Waals surface area contributed by atoms with Crippen molar-refractivity contribution in [2.75, 3.05) is 6.54 Å². The summed E-state index contributed by atoms with van der Waals surface area (Å²) in [5, 5.41) is 2.45. The molecule has 0 spiro atoms. The normalized spacial score (nSPS) is 14.0. The number of nitrogens with two attached hydrogens (primary N) is 1. The number of carbonyl (C=O) groups excluding carboxylic acids is 1. The Morgan fingerprint density at radius 2 is 1.52 bits per heavy atom. The Morgan fingerprint density at radius 1 is 1.10 bits per heavy atom. The molecular formula is C12H12F6N2O. The average molecular weight is 314 g/mol. The highest BCUT2D eigenvalue weighted by atomic mass is 19.4. The third kappa shape index (κ3) is 4.35. The smallest absolute Gasteiger partial charge is 0.368 e. The second-order valence-electron chi connectivity index (χ2n) is 4.23. The van der Waals surface area contributed by atoms with E-state index in [2.05, 4.69) is 5.32 Å². The van der Waals surface area contributed by atoms with E-state index in [4.69, 9.17) is 5.73 Å². The summed E-state index contributed by atoms with van der Waals surface area (Å²) < 4.78 is 76.1. The van der Waals surface area contributed by atoms with Gasteiger partial charge in [0.15, 0.2) is 0 Å². The number of halogens is 6. The van der Waals surface area contributed by atoms with Gasteiger partial charge in [-0.15, -0.1) is 0 Å². The summed E-state index contributed by atoms with van der Waals surface area (Å²) in [6.07, 6.45) is -9.94. The van der Waals surface area contributed by atoms with Gasteiger partial charge >= 0.3 is 12.4 Å². The zero-order valence-electron chi connectivity index (χ0n) is 10.8. The lowest BCUT2D eigenvalue weighted by atomic mass is 9.99. The molecule has 3 N–H and O–H groups in total. The molecule has 0 saturated carbocycles. The van der Waals surface area contributed by atoms with E-state index in [0.717, 1.165) is 0 Å². The molecule has 1 aromatic carbocycles. The van der Waals surface area contributed by atoms with Crippen LogP contribution in [0.3, 0.4) is 0 Å². The highest BCUT2D eigenvalue weighted by Gasteiger charge is 2.37. The summed E-state index contributed by atoms with van der Waals surface area (Å²) in [6, 6.07) is -0.480. The Bertz CT molecular complexity index is 491. The molecule has 1 atom stereocenters. The Morgan fingerprint density at radius 3 is 1.81 bits per heavy atom. The highest BCUT2D eigenvalue weighted by Crippen LogP contribution is 2.37. The molecule has 0 aliphatic rings. The van der Waals surface area contributed by atoms with Crippen LogP contribution in [-0.4, -0.2) is 12.5 Å². The minimum absolute atomic E-state index is 0.00645. The van der Waals surface area contributed by atoms with E-state index in [1.54, 1.807) is 0 Å². The molecule has 0 fully saturated rings. The van der Waals surface area contributed by atoms with Crippen LogP contribution in [0.5, 0.6) is 0 Å². The van der Waals surface area contributed by atoms with Gasteiger partial charge in [-0.25, -0.2) is 0 Å². The van der Waals surface area contributed by atoms with Crippen molar-refractivity contribution in [1.29, 1.82) is 0 Å². The van der Waals surface area contributed by atoms with Gasteiger partial charge < -0.3 is 11.1 Å². The second kappa shape index (κ2) is 5.92. The van der Waals surface area contributed by atoms with E-state index in [9.17, 15) is 31.1 Å². The highest BCUT2D eigenvalue weighted by molar-refractivity contribution is 5.81. The fraction of sp³-hybridized carbons (Fsp3) is 0.417. The minimum Gasteiger partial charge on any atom is -0.368 e. The van der Waals surface area contributed by atoms with Gasteiger partial charge in [0.1, 0.15) is 6.04 Å². The van der Waals surface area contributed by atoms with Crippen molar-refractivity contribution in [3.8, 4) is 0 Å². The predicted octanol–water partition coefficient (Wildman–Crippen LogP) is 2.86. The zero-order valence-corrected chi connectivity index (χ0v) is 10.8. The summed E-state index contributed by atoms with van der Waals surface area (Å²) in [7, 11) is 0. The molecule has 0 bridgehead atoms. The fourth-order valence-corrected chi connectivity index (χ4v) is 1.73. The lowest BCUT2D eigenvalue weighted by Gasteiger charge is -2.19. The molecule has 0 aliphatic carbocycles. The van der Waals surface area contributed by atoms with Crippen molar-refractivity contribution in [3.05, 3.63) is 34.9 Å². The first-order valence-electron chi connectivity index (χ1n) is 5.79. The van der Waals surface area contributed by atoms with Gasteiger partial charge in [-0.05, 0) is 30.3 Å². The van der Waals surface area contributed by atoms with E-state index in [-0.39, 0.29) is 12.6 Å². The number of hydrogen-bond donors (Lipinski definition) is 2. The van der Waals surface area contributed by atoms with Crippen LogP contribution >= 0.6 is 0 Å². The van der Waals surface area contributed by atoms with Gasteiger partial charge in [0.25, 0.3) is 0 Å². The van der Waals surface area contributed by atoms with Crippen LogP contribution in [0.4, 0.5) is 26.3 Å². The van der Waals surface area contributed by atoms with Gasteiger partial charge in [-0.1, -0.05) is 6.92 Å². The molecular weight excluding hydrogens is 302 g/mol. The van der Waals surface area contributed by atoms with Crippen molar-refractivity contribution in [1.82, 2.24) is 5.32 Å². The molecule has 0 radical (unpaired) electrons. The molecule has 0 saturated heterocycles. The molecule has 3 nitrogen and oxygen atoms in total. The number of rotatable bonds is 4. The van der Waals surface area contributed by atoms with Crippen molar-refractivity contribution in [2.45, 2.75) is 25.3 Å². The zero-order chi connectivity index (χ0) is 16.4. The summed E-state index contributed by atoms with van der Waals surface area (Å²) in [5.41, 5.74) is 1.55. The molecule has 0 aromatic heterocycles. The van der Waals surface area contributed by atoms with Crippen LogP contribution in [0.25, 0.3) is 0 Å². The van der Waals surface area contributed by atoms with Crippen molar-refractivity contribution in [2.24, 2.45) is 5.73 Å². The lowest BCUT2D eigenvalue weighted by Crippen LogP contribution is -2.34. The SMILES string of the molecule is CCNC(C(N)=O)c1cc(C(F)(F)F)cc(C(F)(F)F)c1. The standard InChI is InChI=1S/C12H12F6N2O/c1-2-20-9(10(19)21)6-3-7(11(13,14)15)5-8(4-6)12(16,17)18/h3-5,9,20H,2H2,1H3,(H2,19,21). The summed E-state index contributed by atoms with van der Waals surface area (Å²) in [5.74, 6) is -1.07. The summed E-state index contributed by atoms with van der Waals surface area (Å²) in [6.45, 7) is 1.68. The number of primary amides is 1. The fourth-order valence-electron chi connectivity index (χ4n) is 1.73. The Hall–Kier alpha value is -1.77. The van der Waals surface area contributed by atoms with Gasteiger partial charge in [0.05, 0.1) is 11.1 Å². The second-order valence-corrected chi connectivity index (χ2v) is 4.23. The number of amides is 1. The third-order valence-corrected chi connectivity index (χ3v) is 2.64. The van der Waals surface area contributed by atoms with Crippen LogP contribution < -0.4 is 11.1 Å². The number of likely N-dealkylation sites (N-methyl/N-ethyl adjacent to an activating group) is 1. The van der Waals surface area contributed by atoms with E-state index >= 15 is 0 Å². The van der Waals surface area contributed by atoms with E-state index < -0.39 is 41.0 Å². The van der Waals surface area contributed by atoms with Crippen LogP contribution in [0.2, 0.25) is 0 Å². The Labute approximate surface area is 116 Å². The van der Waals surface area contributed by atoms with E-state index in [0.29, 0.717) is 12.1 Å².